The Labute approximate surface area is 179 Å². The summed E-state index contributed by atoms with van der Waals surface area (Å²) in [6.07, 6.45) is 4.80. The Balaban J connectivity index is 1.50. The molecule has 10 nitrogen and oxygen atoms in total. The van der Waals surface area contributed by atoms with Gasteiger partial charge in [0.1, 0.15) is 17.0 Å². The van der Waals surface area contributed by atoms with Gasteiger partial charge < -0.3 is 4.74 Å². The van der Waals surface area contributed by atoms with Crippen molar-refractivity contribution in [3.05, 3.63) is 66.5 Å². The highest BCUT2D eigenvalue weighted by atomic mass is 32.2. The largest absolute Gasteiger partial charge is 0.439 e. The molecule has 0 aliphatic heterocycles. The van der Waals surface area contributed by atoms with Gasteiger partial charge in [-0.15, -0.1) is 0 Å². The predicted octanol–water partition coefficient (Wildman–Crippen LogP) is 3.09. The number of benzene rings is 1. The smallest absolute Gasteiger partial charge is 0.265 e. The van der Waals surface area contributed by atoms with E-state index in [1.807, 2.05) is 6.92 Å². The van der Waals surface area contributed by atoms with Crippen LogP contribution in [0.4, 0.5) is 5.69 Å². The van der Waals surface area contributed by atoms with Crippen molar-refractivity contribution in [1.82, 2.24) is 29.5 Å². The summed E-state index contributed by atoms with van der Waals surface area (Å²) in [7, 11) is -3.77. The zero-order chi connectivity index (χ0) is 22.0. The molecule has 4 aromatic rings. The minimum atomic E-state index is -3.77. The summed E-state index contributed by atoms with van der Waals surface area (Å²) >= 11 is 0. The van der Waals surface area contributed by atoms with Gasteiger partial charge in [-0.05, 0) is 51.1 Å². The highest BCUT2D eigenvalue weighted by Gasteiger charge is 2.24. The van der Waals surface area contributed by atoms with Gasteiger partial charge in [0.05, 0.1) is 11.4 Å². The first-order chi connectivity index (χ1) is 14.9. The Morgan fingerprint density at radius 3 is 2.55 bits per heavy atom. The lowest BCUT2D eigenvalue weighted by Crippen LogP contribution is -2.15. The van der Waals surface area contributed by atoms with Gasteiger partial charge >= 0.3 is 0 Å². The Morgan fingerprint density at radius 1 is 1.13 bits per heavy atom. The van der Waals surface area contributed by atoms with Gasteiger partial charge in [0.2, 0.25) is 5.88 Å². The van der Waals surface area contributed by atoms with E-state index in [-0.39, 0.29) is 4.90 Å². The first-order valence-electron chi connectivity index (χ1n) is 9.54. The van der Waals surface area contributed by atoms with E-state index in [0.29, 0.717) is 41.1 Å². The van der Waals surface area contributed by atoms with E-state index in [1.54, 1.807) is 72.0 Å². The third-order valence-corrected chi connectivity index (χ3v) is 6.21. The number of nitrogens with zero attached hydrogens (tertiary/aromatic N) is 6. The lowest BCUT2D eigenvalue weighted by atomic mass is 10.3. The van der Waals surface area contributed by atoms with Gasteiger partial charge in [-0.1, -0.05) is 0 Å². The number of hydrogen-bond acceptors (Lipinski definition) is 7. The van der Waals surface area contributed by atoms with Crippen molar-refractivity contribution < 1.29 is 13.2 Å². The third-order valence-electron chi connectivity index (χ3n) is 4.58. The van der Waals surface area contributed by atoms with Crippen LogP contribution in [0.15, 0.2) is 60.0 Å². The molecule has 1 aromatic carbocycles. The number of rotatable bonds is 7. The summed E-state index contributed by atoms with van der Waals surface area (Å²) in [5, 5.41) is 8.41. The average Bonchev–Trinajstić information content (AvgIpc) is 3.37. The average molecular weight is 440 g/mol. The van der Waals surface area contributed by atoms with Crippen LogP contribution in [0.3, 0.4) is 0 Å². The molecule has 0 fully saturated rings. The van der Waals surface area contributed by atoms with E-state index in [1.165, 1.54) is 6.33 Å². The van der Waals surface area contributed by atoms with Crippen LogP contribution in [-0.4, -0.2) is 37.9 Å². The van der Waals surface area contributed by atoms with Gasteiger partial charge in [-0.25, -0.2) is 23.1 Å². The Bertz CT molecular complexity index is 1300. The van der Waals surface area contributed by atoms with Crippen molar-refractivity contribution in [3.8, 4) is 17.4 Å². The molecule has 0 saturated carbocycles. The summed E-state index contributed by atoms with van der Waals surface area (Å²) in [6, 6.07) is 10.00. The summed E-state index contributed by atoms with van der Waals surface area (Å²) in [4.78, 5) is 8.45. The van der Waals surface area contributed by atoms with E-state index < -0.39 is 10.0 Å². The molecule has 160 valence electrons. The summed E-state index contributed by atoms with van der Waals surface area (Å²) in [5.41, 5.74) is 1.48. The SMILES string of the molecule is CCn1nc(C)c(S(=O)(=O)Nc2ccc(Oc3cc(-n4cccn4)ncn3)cc2)c1C. The number of sulfonamides is 1. The summed E-state index contributed by atoms with van der Waals surface area (Å²) in [6.45, 7) is 5.94. The molecule has 0 atom stereocenters. The fraction of sp³-hybridized carbons (Fsp3) is 0.200. The Morgan fingerprint density at radius 2 is 1.90 bits per heavy atom. The number of ether oxygens (including phenoxy) is 1. The van der Waals surface area contributed by atoms with Crippen molar-refractivity contribution in [2.45, 2.75) is 32.2 Å². The molecule has 0 saturated heterocycles. The van der Waals surface area contributed by atoms with Gasteiger partial charge in [-0.3, -0.25) is 9.40 Å². The van der Waals surface area contributed by atoms with Crippen LogP contribution in [0.1, 0.15) is 18.3 Å². The number of nitrogens with one attached hydrogen (secondary N) is 1. The number of anilines is 1. The minimum absolute atomic E-state index is 0.196. The van der Waals surface area contributed by atoms with Crippen molar-refractivity contribution in [2.24, 2.45) is 0 Å². The van der Waals surface area contributed by atoms with Crippen molar-refractivity contribution >= 4 is 15.7 Å². The lowest BCUT2D eigenvalue weighted by molar-refractivity contribution is 0.460. The quantitative estimate of drug-likeness (QED) is 0.470. The van der Waals surface area contributed by atoms with E-state index in [2.05, 4.69) is 24.9 Å². The van der Waals surface area contributed by atoms with Crippen LogP contribution in [0, 0.1) is 13.8 Å². The van der Waals surface area contributed by atoms with E-state index >= 15 is 0 Å². The second-order valence-corrected chi connectivity index (χ2v) is 8.33. The van der Waals surface area contributed by atoms with Crippen LogP contribution in [0.5, 0.6) is 11.6 Å². The monoisotopic (exact) mass is 439 g/mol. The molecule has 0 aliphatic carbocycles. The van der Waals surface area contributed by atoms with E-state index in [4.69, 9.17) is 4.74 Å². The summed E-state index contributed by atoms with van der Waals surface area (Å²) < 4.78 is 37.4. The Hall–Kier alpha value is -3.73. The molecule has 0 bridgehead atoms. The van der Waals surface area contributed by atoms with Gasteiger partial charge in [0.15, 0.2) is 5.82 Å². The molecular formula is C20H21N7O3S. The minimum Gasteiger partial charge on any atom is -0.439 e. The predicted molar refractivity (Wildman–Crippen MR) is 114 cm³/mol. The fourth-order valence-corrected chi connectivity index (χ4v) is 4.68. The van der Waals surface area contributed by atoms with Crippen LogP contribution < -0.4 is 9.46 Å². The second-order valence-electron chi connectivity index (χ2n) is 6.71. The fourth-order valence-electron chi connectivity index (χ4n) is 3.21. The van der Waals surface area contributed by atoms with Gasteiger partial charge in [0.25, 0.3) is 10.0 Å². The van der Waals surface area contributed by atoms with Crippen molar-refractivity contribution in [2.75, 3.05) is 4.72 Å². The number of hydrogen-bond donors (Lipinski definition) is 1. The topological polar surface area (TPSA) is 117 Å². The maximum Gasteiger partial charge on any atom is 0.265 e. The number of aryl methyl sites for hydroxylation is 2. The normalized spacial score (nSPS) is 11.5. The molecule has 0 amide bonds. The zero-order valence-corrected chi connectivity index (χ0v) is 18.0. The molecule has 11 heteroatoms. The molecule has 3 heterocycles. The molecule has 0 spiro atoms. The van der Waals surface area contributed by atoms with Crippen molar-refractivity contribution in [1.29, 1.82) is 0 Å². The second kappa shape index (κ2) is 8.19. The first kappa shape index (κ1) is 20.5. The van der Waals surface area contributed by atoms with Gasteiger partial charge in [0, 0.05) is 30.7 Å². The Kier molecular flexibility index (Phi) is 5.42. The molecular weight excluding hydrogens is 418 g/mol. The highest BCUT2D eigenvalue weighted by Crippen LogP contribution is 2.26. The molecule has 4 rings (SSSR count). The molecule has 31 heavy (non-hydrogen) atoms. The zero-order valence-electron chi connectivity index (χ0n) is 17.2. The van der Waals surface area contributed by atoms with Crippen LogP contribution >= 0.6 is 0 Å². The summed E-state index contributed by atoms with van der Waals surface area (Å²) in [5.74, 6) is 1.41. The lowest BCUT2D eigenvalue weighted by Gasteiger charge is -2.10. The molecule has 3 aromatic heterocycles. The maximum absolute atomic E-state index is 12.9. The van der Waals surface area contributed by atoms with E-state index in [9.17, 15) is 8.42 Å². The molecule has 0 aliphatic rings. The van der Waals surface area contributed by atoms with Gasteiger partial charge in [-0.2, -0.15) is 10.2 Å². The standard InChI is InChI=1S/C20H21N7O3S/c1-4-26-15(3)20(14(2)24-26)31(28,29)25-16-6-8-17(9-7-16)30-19-12-18(21-13-22-19)27-11-5-10-23-27/h5-13,25H,4H2,1-3H3. The number of aromatic nitrogens is 6. The first-order valence-corrected chi connectivity index (χ1v) is 11.0. The van der Waals surface area contributed by atoms with Crippen LogP contribution in [-0.2, 0) is 16.6 Å². The van der Waals surface area contributed by atoms with Crippen LogP contribution in [0.2, 0.25) is 0 Å². The van der Waals surface area contributed by atoms with E-state index in [0.717, 1.165) is 0 Å². The maximum atomic E-state index is 12.9. The highest BCUT2D eigenvalue weighted by molar-refractivity contribution is 7.92. The third kappa shape index (κ3) is 4.26. The molecule has 1 N–H and O–H groups in total. The van der Waals surface area contributed by atoms with Crippen molar-refractivity contribution in [3.63, 3.8) is 0 Å². The molecule has 0 radical (unpaired) electrons. The van der Waals surface area contributed by atoms with Crippen LogP contribution in [0.25, 0.3) is 5.82 Å². The molecule has 0 unspecified atom stereocenters.